The fourth-order valence-electron chi connectivity index (χ4n) is 1.95. The van der Waals surface area contributed by atoms with Crippen LogP contribution in [0, 0.1) is 6.92 Å². The van der Waals surface area contributed by atoms with E-state index in [2.05, 4.69) is 0 Å². The normalized spacial score (nSPS) is 10.5. The lowest BCUT2D eigenvalue weighted by atomic mass is 10.1. The number of benzene rings is 1. The smallest absolute Gasteiger partial charge is 0.343 e. The van der Waals surface area contributed by atoms with E-state index in [1.807, 2.05) is 0 Å². The van der Waals surface area contributed by atoms with Crippen molar-refractivity contribution in [2.45, 2.75) is 6.92 Å². The molecule has 0 aliphatic carbocycles. The van der Waals surface area contributed by atoms with Crippen molar-refractivity contribution in [3.8, 4) is 11.5 Å². The van der Waals surface area contributed by atoms with E-state index >= 15 is 0 Å². The molecule has 100 valence electrons. The molecule has 0 radical (unpaired) electrons. The van der Waals surface area contributed by atoms with Crippen molar-refractivity contribution in [3.63, 3.8) is 0 Å². The lowest BCUT2D eigenvalue weighted by molar-refractivity contribution is 0.0690. The van der Waals surface area contributed by atoms with E-state index in [1.54, 1.807) is 6.92 Å². The molecule has 6 nitrogen and oxygen atoms in total. The fraction of sp³-hybridized carbons (Fsp3) is 0.231. The number of carbonyl (C=O) groups is 1. The van der Waals surface area contributed by atoms with Gasteiger partial charge in [0.25, 0.3) is 0 Å². The van der Waals surface area contributed by atoms with Crippen LogP contribution >= 0.6 is 0 Å². The third-order valence-electron chi connectivity index (χ3n) is 2.70. The summed E-state index contributed by atoms with van der Waals surface area (Å²) >= 11 is 0. The summed E-state index contributed by atoms with van der Waals surface area (Å²) < 4.78 is 15.5. The summed E-state index contributed by atoms with van der Waals surface area (Å²) in [5.41, 5.74) is -0.335. The minimum atomic E-state index is -1.24. The molecule has 2 rings (SSSR count). The number of fused-ring (bicyclic) bond motifs is 1. The summed E-state index contributed by atoms with van der Waals surface area (Å²) in [6.07, 6.45) is 0. The van der Waals surface area contributed by atoms with Crippen molar-refractivity contribution in [1.29, 1.82) is 0 Å². The second-order valence-corrected chi connectivity index (χ2v) is 3.89. The lowest BCUT2D eigenvalue weighted by Gasteiger charge is -2.12. The van der Waals surface area contributed by atoms with E-state index in [0.29, 0.717) is 5.76 Å². The molecule has 1 heterocycles. The van der Waals surface area contributed by atoms with Gasteiger partial charge in [0.1, 0.15) is 28.0 Å². The second kappa shape index (κ2) is 4.64. The SMILES string of the molecule is COc1cc2oc(C)cc(=O)c2c(OC)c1C(=O)O. The first-order valence-corrected chi connectivity index (χ1v) is 5.42. The van der Waals surface area contributed by atoms with Crippen LogP contribution in [0.2, 0.25) is 0 Å². The Morgan fingerprint density at radius 1 is 1.26 bits per heavy atom. The molecule has 1 N–H and O–H groups in total. The van der Waals surface area contributed by atoms with Crippen LogP contribution in [0.4, 0.5) is 0 Å². The van der Waals surface area contributed by atoms with Crippen LogP contribution in [0.5, 0.6) is 11.5 Å². The monoisotopic (exact) mass is 264 g/mol. The molecule has 0 saturated carbocycles. The quantitative estimate of drug-likeness (QED) is 0.909. The minimum Gasteiger partial charge on any atom is -0.496 e. The molecule has 0 fully saturated rings. The molecular formula is C13H12O6. The van der Waals surface area contributed by atoms with Crippen LogP contribution in [-0.2, 0) is 0 Å². The summed E-state index contributed by atoms with van der Waals surface area (Å²) in [7, 11) is 2.63. The Labute approximate surface area is 108 Å². The molecule has 0 saturated heterocycles. The molecule has 0 atom stereocenters. The Kier molecular flexibility index (Phi) is 3.16. The predicted molar refractivity (Wildman–Crippen MR) is 67.3 cm³/mol. The van der Waals surface area contributed by atoms with Gasteiger partial charge >= 0.3 is 5.97 Å². The Morgan fingerprint density at radius 3 is 2.47 bits per heavy atom. The number of carboxylic acids is 1. The van der Waals surface area contributed by atoms with Crippen molar-refractivity contribution in [2.75, 3.05) is 14.2 Å². The van der Waals surface area contributed by atoms with E-state index in [4.69, 9.17) is 13.9 Å². The highest BCUT2D eigenvalue weighted by Gasteiger charge is 2.23. The fourth-order valence-corrected chi connectivity index (χ4v) is 1.95. The minimum absolute atomic E-state index is 0.0596. The highest BCUT2D eigenvalue weighted by molar-refractivity contribution is 6.02. The van der Waals surface area contributed by atoms with Gasteiger partial charge < -0.3 is 19.0 Å². The van der Waals surface area contributed by atoms with E-state index in [9.17, 15) is 14.7 Å². The van der Waals surface area contributed by atoms with Crippen LogP contribution in [0.3, 0.4) is 0 Å². The topological polar surface area (TPSA) is 86.0 Å². The highest BCUT2D eigenvalue weighted by atomic mass is 16.5. The largest absolute Gasteiger partial charge is 0.496 e. The molecule has 0 unspecified atom stereocenters. The Hall–Kier alpha value is -2.50. The molecule has 0 spiro atoms. The van der Waals surface area contributed by atoms with Gasteiger partial charge in [0.15, 0.2) is 11.2 Å². The van der Waals surface area contributed by atoms with Gasteiger partial charge in [-0.05, 0) is 6.92 Å². The van der Waals surface area contributed by atoms with Gasteiger partial charge in [0.05, 0.1) is 14.2 Å². The molecule has 1 aromatic heterocycles. The summed E-state index contributed by atoms with van der Waals surface area (Å²) in [6, 6.07) is 2.65. The first-order valence-electron chi connectivity index (χ1n) is 5.42. The summed E-state index contributed by atoms with van der Waals surface area (Å²) in [5.74, 6) is -0.804. The number of aryl methyl sites for hydroxylation is 1. The number of rotatable bonds is 3. The molecule has 0 amide bonds. The van der Waals surface area contributed by atoms with Gasteiger partial charge in [-0.1, -0.05) is 0 Å². The Balaban J connectivity index is 3.03. The van der Waals surface area contributed by atoms with E-state index < -0.39 is 5.97 Å². The third-order valence-corrected chi connectivity index (χ3v) is 2.70. The number of aromatic carboxylic acids is 1. The zero-order valence-electron chi connectivity index (χ0n) is 10.6. The van der Waals surface area contributed by atoms with Gasteiger partial charge in [0.2, 0.25) is 0 Å². The maximum absolute atomic E-state index is 12.0. The number of carboxylic acid groups (broad SMARTS) is 1. The Morgan fingerprint density at radius 2 is 1.95 bits per heavy atom. The average molecular weight is 264 g/mol. The van der Waals surface area contributed by atoms with Crippen molar-refractivity contribution < 1.29 is 23.8 Å². The molecular weight excluding hydrogens is 252 g/mol. The van der Waals surface area contributed by atoms with Gasteiger partial charge in [0, 0.05) is 12.1 Å². The number of methoxy groups -OCH3 is 2. The second-order valence-electron chi connectivity index (χ2n) is 3.89. The molecule has 1 aromatic carbocycles. The molecule has 0 aliphatic heterocycles. The van der Waals surface area contributed by atoms with Crippen molar-refractivity contribution in [2.24, 2.45) is 0 Å². The van der Waals surface area contributed by atoms with Gasteiger partial charge in [-0.3, -0.25) is 4.79 Å². The first kappa shape index (κ1) is 12.9. The molecule has 6 heteroatoms. The van der Waals surface area contributed by atoms with Crippen molar-refractivity contribution >= 4 is 16.9 Å². The number of ether oxygens (including phenoxy) is 2. The zero-order chi connectivity index (χ0) is 14.2. The van der Waals surface area contributed by atoms with Gasteiger partial charge in [-0.2, -0.15) is 0 Å². The summed E-state index contributed by atoms with van der Waals surface area (Å²) in [5, 5.41) is 9.31. The van der Waals surface area contributed by atoms with E-state index in [1.165, 1.54) is 26.4 Å². The molecule has 19 heavy (non-hydrogen) atoms. The standard InChI is InChI=1S/C13H12O6/c1-6-4-7(14)10-9(19-6)5-8(17-2)11(13(15)16)12(10)18-3/h4-5H,1-3H3,(H,15,16). The zero-order valence-corrected chi connectivity index (χ0v) is 10.6. The van der Waals surface area contributed by atoms with Crippen molar-refractivity contribution in [1.82, 2.24) is 0 Å². The van der Waals surface area contributed by atoms with Crippen LogP contribution in [0.1, 0.15) is 16.1 Å². The maximum Gasteiger partial charge on any atom is 0.343 e. The van der Waals surface area contributed by atoms with Crippen LogP contribution in [0.25, 0.3) is 11.0 Å². The average Bonchev–Trinajstić information content (AvgIpc) is 2.35. The van der Waals surface area contributed by atoms with E-state index in [-0.39, 0.29) is 33.5 Å². The highest BCUT2D eigenvalue weighted by Crippen LogP contribution is 2.35. The summed E-state index contributed by atoms with van der Waals surface area (Å²) in [6.45, 7) is 1.63. The lowest BCUT2D eigenvalue weighted by Crippen LogP contribution is -2.09. The summed E-state index contributed by atoms with van der Waals surface area (Å²) in [4.78, 5) is 23.3. The van der Waals surface area contributed by atoms with Crippen LogP contribution in [-0.4, -0.2) is 25.3 Å². The Bertz CT molecular complexity index is 713. The molecule has 2 aromatic rings. The molecule has 0 aliphatic rings. The molecule has 0 bridgehead atoms. The van der Waals surface area contributed by atoms with Gasteiger partial charge in [-0.25, -0.2) is 4.79 Å². The van der Waals surface area contributed by atoms with Gasteiger partial charge in [-0.15, -0.1) is 0 Å². The predicted octanol–water partition coefficient (Wildman–Crippen LogP) is 1.82. The third kappa shape index (κ3) is 2.01. The number of hydrogen-bond donors (Lipinski definition) is 1. The van der Waals surface area contributed by atoms with Crippen LogP contribution in [0.15, 0.2) is 21.3 Å². The number of hydrogen-bond acceptors (Lipinski definition) is 5. The van der Waals surface area contributed by atoms with Crippen LogP contribution < -0.4 is 14.9 Å². The maximum atomic E-state index is 12.0. The van der Waals surface area contributed by atoms with E-state index in [0.717, 1.165) is 0 Å². The van der Waals surface area contributed by atoms with Crippen molar-refractivity contribution in [3.05, 3.63) is 33.7 Å². The first-order chi connectivity index (χ1) is 8.99.